The Hall–Kier alpha value is -1.49. The van der Waals surface area contributed by atoms with Gasteiger partial charge in [0.2, 0.25) is 5.91 Å². The van der Waals surface area contributed by atoms with Crippen LogP contribution in [0.1, 0.15) is 93.6 Å². The van der Waals surface area contributed by atoms with E-state index in [1.54, 1.807) is 11.3 Å². The molecule has 1 aromatic rings. The number of ketones is 1. The molecule has 4 nitrogen and oxygen atoms in total. The Morgan fingerprint density at radius 1 is 1.19 bits per heavy atom. The van der Waals surface area contributed by atoms with E-state index in [2.05, 4.69) is 32.2 Å². The number of Topliss-reactive ketones (excluding diaryl/α,β-unsaturated/α-hetero) is 1. The lowest BCUT2D eigenvalue weighted by molar-refractivity contribution is -0.138. The molecule has 1 amide bonds. The molecule has 2 unspecified atom stereocenters. The van der Waals surface area contributed by atoms with Gasteiger partial charge in [0.05, 0.1) is 5.69 Å². The number of carbonyl (C=O) groups is 2. The van der Waals surface area contributed by atoms with Crippen LogP contribution < -0.4 is 0 Å². The molecular weight excluding hydrogens is 404 g/mol. The number of amides is 1. The van der Waals surface area contributed by atoms with Gasteiger partial charge in [-0.05, 0) is 74.2 Å². The lowest BCUT2D eigenvalue weighted by atomic mass is 9.47. The van der Waals surface area contributed by atoms with E-state index in [9.17, 15) is 9.59 Å². The van der Waals surface area contributed by atoms with Gasteiger partial charge in [0.15, 0.2) is 10.8 Å². The highest BCUT2D eigenvalue weighted by atomic mass is 32.1. The molecule has 3 aliphatic carbocycles. The van der Waals surface area contributed by atoms with Crippen molar-refractivity contribution in [2.75, 3.05) is 7.05 Å². The number of hydrogen-bond donors (Lipinski definition) is 0. The van der Waals surface area contributed by atoms with Gasteiger partial charge < -0.3 is 4.90 Å². The molecule has 0 bridgehead atoms. The highest BCUT2D eigenvalue weighted by molar-refractivity contribution is 7.11. The standard InChI is InChI=1S/C26H36N2O2S/c1-5-6-21(29)24-27-20(15-31-24)19-9-8-17-16-7-10-22-26(3,14-12-23(30)28(22)4)18(16)11-13-25(17,19)2/h12,14-19,22H,5-11,13H2,1-4H3/t16-,17-,18+,19?,22?,25-,26+/m0/s1. The monoisotopic (exact) mass is 440 g/mol. The van der Waals surface area contributed by atoms with Gasteiger partial charge in [-0.15, -0.1) is 11.3 Å². The second-order valence-corrected chi connectivity index (χ2v) is 11.9. The first-order valence-electron chi connectivity index (χ1n) is 12.2. The summed E-state index contributed by atoms with van der Waals surface area (Å²) in [4.78, 5) is 31.5. The highest BCUT2D eigenvalue weighted by Crippen LogP contribution is 2.67. The first-order valence-corrected chi connectivity index (χ1v) is 13.1. The Morgan fingerprint density at radius 3 is 2.77 bits per heavy atom. The van der Waals surface area contributed by atoms with Crippen molar-refractivity contribution in [2.45, 2.75) is 84.1 Å². The zero-order valence-corrected chi connectivity index (χ0v) is 20.2. The van der Waals surface area contributed by atoms with Crippen LogP contribution in [0.3, 0.4) is 0 Å². The van der Waals surface area contributed by atoms with Crippen molar-refractivity contribution in [1.29, 1.82) is 0 Å². The van der Waals surface area contributed by atoms with Crippen LogP contribution in [0.5, 0.6) is 0 Å². The van der Waals surface area contributed by atoms with E-state index in [1.807, 2.05) is 18.0 Å². The third-order valence-corrected chi connectivity index (χ3v) is 10.6. The van der Waals surface area contributed by atoms with Crippen LogP contribution in [0.15, 0.2) is 17.5 Å². The maximum atomic E-state index is 12.4. The molecule has 5 heteroatoms. The number of fused-ring (bicyclic) bond motifs is 5. The number of thiazole rings is 1. The van der Waals surface area contributed by atoms with Crippen LogP contribution in [-0.2, 0) is 4.79 Å². The van der Waals surface area contributed by atoms with Crippen molar-refractivity contribution in [2.24, 2.45) is 28.6 Å². The van der Waals surface area contributed by atoms with E-state index in [4.69, 9.17) is 4.98 Å². The van der Waals surface area contributed by atoms with Crippen molar-refractivity contribution in [3.8, 4) is 0 Å². The number of rotatable bonds is 4. The average Bonchev–Trinajstić information content (AvgIpc) is 3.35. The first-order chi connectivity index (χ1) is 14.8. The van der Waals surface area contributed by atoms with Gasteiger partial charge in [0.1, 0.15) is 0 Å². The van der Waals surface area contributed by atoms with Crippen molar-refractivity contribution >= 4 is 23.0 Å². The summed E-state index contributed by atoms with van der Waals surface area (Å²) in [6, 6.07) is 0.346. The van der Waals surface area contributed by atoms with Crippen molar-refractivity contribution in [1.82, 2.24) is 9.88 Å². The van der Waals surface area contributed by atoms with Crippen LogP contribution in [-0.4, -0.2) is 34.7 Å². The highest BCUT2D eigenvalue weighted by Gasteiger charge is 2.60. The fraction of sp³-hybridized carbons (Fsp3) is 0.731. The summed E-state index contributed by atoms with van der Waals surface area (Å²) in [6.07, 6.45) is 12.9. The molecule has 0 aromatic carbocycles. The molecule has 1 aromatic heterocycles. The van der Waals surface area contributed by atoms with Gasteiger partial charge in [-0.3, -0.25) is 9.59 Å². The van der Waals surface area contributed by atoms with Gasteiger partial charge in [-0.25, -0.2) is 4.98 Å². The molecule has 0 N–H and O–H groups in total. The van der Waals surface area contributed by atoms with Crippen molar-refractivity contribution < 1.29 is 9.59 Å². The second-order valence-electron chi connectivity index (χ2n) is 11.0. The van der Waals surface area contributed by atoms with Gasteiger partial charge in [0, 0.05) is 36.2 Å². The lowest BCUT2D eigenvalue weighted by Gasteiger charge is -2.60. The maximum Gasteiger partial charge on any atom is 0.246 e. The summed E-state index contributed by atoms with van der Waals surface area (Å²) < 4.78 is 0. The Kier molecular flexibility index (Phi) is 5.19. The summed E-state index contributed by atoms with van der Waals surface area (Å²) in [5.41, 5.74) is 1.56. The molecule has 0 spiro atoms. The van der Waals surface area contributed by atoms with E-state index >= 15 is 0 Å². The number of carbonyl (C=O) groups excluding carboxylic acids is 2. The first kappa shape index (κ1) is 21.4. The van der Waals surface area contributed by atoms with Crippen molar-refractivity contribution in [3.63, 3.8) is 0 Å². The number of aromatic nitrogens is 1. The normalized spacial score (nSPS) is 41.6. The topological polar surface area (TPSA) is 50.3 Å². The Balaban J connectivity index is 1.41. The molecule has 3 saturated carbocycles. The Bertz CT molecular complexity index is 922. The van der Waals surface area contributed by atoms with Crippen LogP contribution in [0.25, 0.3) is 0 Å². The minimum absolute atomic E-state index is 0.103. The lowest BCUT2D eigenvalue weighted by Crippen LogP contribution is -2.59. The van der Waals surface area contributed by atoms with E-state index in [0.29, 0.717) is 29.3 Å². The summed E-state index contributed by atoms with van der Waals surface area (Å²) in [5, 5.41) is 2.89. The predicted octanol–water partition coefficient (Wildman–Crippen LogP) is 5.85. The number of nitrogens with zero attached hydrogens (tertiary/aromatic N) is 2. The smallest absolute Gasteiger partial charge is 0.246 e. The molecule has 5 rings (SSSR count). The largest absolute Gasteiger partial charge is 0.338 e. The molecule has 31 heavy (non-hydrogen) atoms. The van der Waals surface area contributed by atoms with Crippen LogP contribution in [0.4, 0.5) is 0 Å². The zero-order chi connectivity index (χ0) is 22.0. The molecule has 4 aliphatic rings. The quantitative estimate of drug-likeness (QED) is 0.552. The molecule has 1 aliphatic heterocycles. The summed E-state index contributed by atoms with van der Waals surface area (Å²) in [6.45, 7) is 6.98. The maximum absolute atomic E-state index is 12.4. The van der Waals surface area contributed by atoms with Gasteiger partial charge in [-0.2, -0.15) is 0 Å². The SMILES string of the molecule is CCCC(=O)c1nc(C2CC[C@H]3[C@@H]4CCC5N(C)C(=O)C=C[C@]5(C)[C@@H]4CC[C@]23C)cs1. The summed E-state index contributed by atoms with van der Waals surface area (Å²) in [5.74, 6) is 2.97. The van der Waals surface area contributed by atoms with Crippen LogP contribution >= 0.6 is 11.3 Å². The third-order valence-electron chi connectivity index (χ3n) is 9.72. The molecule has 2 heterocycles. The van der Waals surface area contributed by atoms with E-state index in [0.717, 1.165) is 24.7 Å². The molecule has 0 saturated heterocycles. The van der Waals surface area contributed by atoms with E-state index in [1.165, 1.54) is 37.8 Å². The second kappa shape index (κ2) is 7.54. The van der Waals surface area contributed by atoms with E-state index in [-0.39, 0.29) is 22.5 Å². The van der Waals surface area contributed by atoms with E-state index < -0.39 is 0 Å². The zero-order valence-electron chi connectivity index (χ0n) is 19.4. The fourth-order valence-electron chi connectivity index (χ4n) is 8.13. The molecule has 0 radical (unpaired) electrons. The van der Waals surface area contributed by atoms with Gasteiger partial charge in [0.25, 0.3) is 0 Å². The third kappa shape index (κ3) is 3.09. The Morgan fingerprint density at radius 2 is 2.00 bits per heavy atom. The summed E-state index contributed by atoms with van der Waals surface area (Å²) in [7, 11) is 1.99. The average molecular weight is 441 g/mol. The molecule has 7 atom stereocenters. The number of hydrogen-bond acceptors (Lipinski definition) is 4. The molecular formula is C26H36N2O2S. The van der Waals surface area contributed by atoms with Crippen LogP contribution in [0.2, 0.25) is 0 Å². The fourth-order valence-corrected chi connectivity index (χ4v) is 8.97. The predicted molar refractivity (Wildman–Crippen MR) is 124 cm³/mol. The number of likely N-dealkylation sites (N-methyl/N-ethyl adjacent to an activating group) is 1. The minimum atomic E-state index is 0.103. The van der Waals surface area contributed by atoms with Gasteiger partial charge in [-0.1, -0.05) is 26.8 Å². The summed E-state index contributed by atoms with van der Waals surface area (Å²) >= 11 is 1.55. The minimum Gasteiger partial charge on any atom is -0.338 e. The van der Waals surface area contributed by atoms with Gasteiger partial charge >= 0.3 is 0 Å². The van der Waals surface area contributed by atoms with Crippen molar-refractivity contribution in [3.05, 3.63) is 28.2 Å². The Labute approximate surface area is 190 Å². The molecule has 3 fully saturated rings. The van der Waals surface area contributed by atoms with Crippen LogP contribution in [0, 0.1) is 28.6 Å². The molecule has 168 valence electrons.